The van der Waals surface area contributed by atoms with E-state index in [2.05, 4.69) is 33.0 Å². The summed E-state index contributed by atoms with van der Waals surface area (Å²) in [6.07, 6.45) is 2.47. The molecule has 0 spiro atoms. The summed E-state index contributed by atoms with van der Waals surface area (Å²) in [5, 5.41) is 25.9. The molecule has 0 radical (unpaired) electrons. The highest BCUT2D eigenvalue weighted by molar-refractivity contribution is 5.86. The minimum atomic E-state index is -1.17. The van der Waals surface area contributed by atoms with Crippen molar-refractivity contribution in [3.05, 3.63) is 5.82 Å². The number of urea groups is 1. The molecule has 3 N–H and O–H groups in total. The fourth-order valence-corrected chi connectivity index (χ4v) is 2.46. The van der Waals surface area contributed by atoms with Gasteiger partial charge in [0.15, 0.2) is 5.82 Å². The number of carboxylic acid groups (broad SMARTS) is 1. The lowest BCUT2D eigenvalue weighted by Crippen LogP contribution is -2.58. The molecule has 0 unspecified atom stereocenters. The molecule has 0 saturated heterocycles. The zero-order chi connectivity index (χ0) is 15.5. The van der Waals surface area contributed by atoms with Gasteiger partial charge in [0.25, 0.3) is 0 Å². The number of aryl methyl sites for hydroxylation is 1. The van der Waals surface area contributed by atoms with E-state index in [1.165, 1.54) is 4.80 Å². The number of nitrogens with zero attached hydrogens (tertiary/aromatic N) is 4. The van der Waals surface area contributed by atoms with Crippen LogP contribution in [-0.4, -0.2) is 42.9 Å². The van der Waals surface area contributed by atoms with Gasteiger partial charge in [0, 0.05) is 0 Å². The molecule has 116 valence electrons. The van der Waals surface area contributed by atoms with Crippen LogP contribution in [0.5, 0.6) is 0 Å². The molecule has 1 aromatic heterocycles. The summed E-state index contributed by atoms with van der Waals surface area (Å²) in [5.41, 5.74) is -1.17. The number of carbonyl (C=O) groups excluding carboxylic acids is 1. The van der Waals surface area contributed by atoms with E-state index in [4.69, 9.17) is 0 Å². The van der Waals surface area contributed by atoms with Crippen LogP contribution in [0.4, 0.5) is 4.79 Å². The van der Waals surface area contributed by atoms with Crippen molar-refractivity contribution >= 4 is 12.0 Å². The van der Waals surface area contributed by atoms with Gasteiger partial charge in [-0.15, -0.1) is 10.2 Å². The van der Waals surface area contributed by atoms with Crippen molar-refractivity contribution in [3.8, 4) is 0 Å². The summed E-state index contributed by atoms with van der Waals surface area (Å²) >= 11 is 0. The zero-order valence-electron chi connectivity index (χ0n) is 12.2. The highest BCUT2D eigenvalue weighted by atomic mass is 16.4. The predicted octanol–water partition coefficient (Wildman–Crippen LogP) is 0.0428. The number of aliphatic carboxylic acids is 1. The van der Waals surface area contributed by atoms with Gasteiger partial charge in [-0.25, -0.2) is 9.59 Å². The lowest BCUT2D eigenvalue weighted by atomic mass is 9.77. The number of aromatic nitrogens is 4. The number of hydrogen-bond donors (Lipinski definition) is 3. The Balaban J connectivity index is 1.91. The highest BCUT2D eigenvalue weighted by Crippen LogP contribution is 2.32. The molecule has 9 nitrogen and oxygen atoms in total. The van der Waals surface area contributed by atoms with Crippen LogP contribution in [0.3, 0.4) is 0 Å². The van der Waals surface area contributed by atoms with Gasteiger partial charge in [-0.1, -0.05) is 6.92 Å². The van der Waals surface area contributed by atoms with Gasteiger partial charge in [0.1, 0.15) is 5.54 Å². The molecular weight excluding hydrogens is 276 g/mol. The minimum absolute atomic E-state index is 0.103. The standard InChI is InChI=1S/C12H20N6O3/c1-8-3-5-12(6-4-8,10(19)20)14-11(21)13-7-9-15-17-18(2)16-9/h8H,3-7H2,1-2H3,(H,19,20)(H2,13,14,21). The van der Waals surface area contributed by atoms with Crippen LogP contribution in [-0.2, 0) is 18.4 Å². The molecule has 2 rings (SSSR count). The third-order valence-electron chi connectivity index (χ3n) is 3.85. The van der Waals surface area contributed by atoms with Crippen molar-refractivity contribution < 1.29 is 14.7 Å². The van der Waals surface area contributed by atoms with E-state index in [0.29, 0.717) is 24.6 Å². The molecule has 9 heteroatoms. The first kappa shape index (κ1) is 15.2. The van der Waals surface area contributed by atoms with E-state index in [1.807, 2.05) is 0 Å². The van der Waals surface area contributed by atoms with E-state index in [1.54, 1.807) is 7.05 Å². The van der Waals surface area contributed by atoms with E-state index in [9.17, 15) is 14.7 Å². The second kappa shape index (κ2) is 6.06. The van der Waals surface area contributed by atoms with Crippen LogP contribution in [0.25, 0.3) is 0 Å². The Labute approximate surface area is 122 Å². The van der Waals surface area contributed by atoms with Gasteiger partial charge in [-0.2, -0.15) is 4.80 Å². The number of hydrogen-bond acceptors (Lipinski definition) is 5. The van der Waals surface area contributed by atoms with Crippen molar-refractivity contribution in [1.29, 1.82) is 0 Å². The monoisotopic (exact) mass is 296 g/mol. The topological polar surface area (TPSA) is 122 Å². The zero-order valence-corrected chi connectivity index (χ0v) is 12.2. The molecule has 2 amide bonds. The van der Waals surface area contributed by atoms with E-state index in [0.717, 1.165) is 12.8 Å². The average molecular weight is 296 g/mol. The molecular formula is C12H20N6O3. The molecule has 0 bridgehead atoms. The molecule has 1 aromatic rings. The molecule has 0 aromatic carbocycles. The van der Waals surface area contributed by atoms with Crippen molar-refractivity contribution in [1.82, 2.24) is 30.8 Å². The van der Waals surface area contributed by atoms with Gasteiger partial charge >= 0.3 is 12.0 Å². The summed E-state index contributed by atoms with van der Waals surface area (Å²) in [6, 6.07) is -0.528. The SMILES string of the molecule is CC1CCC(NC(=O)NCc2nnn(C)n2)(C(=O)O)CC1. The molecule has 21 heavy (non-hydrogen) atoms. The number of tetrazole rings is 1. The number of carbonyl (C=O) groups is 2. The van der Waals surface area contributed by atoms with Crippen LogP contribution >= 0.6 is 0 Å². The summed E-state index contributed by atoms with van der Waals surface area (Å²) in [5.74, 6) is -0.123. The second-order valence-corrected chi connectivity index (χ2v) is 5.57. The van der Waals surface area contributed by atoms with Crippen LogP contribution < -0.4 is 10.6 Å². The first-order chi connectivity index (χ1) is 9.91. The van der Waals surface area contributed by atoms with E-state index in [-0.39, 0.29) is 6.54 Å². The number of carboxylic acids is 1. The average Bonchev–Trinajstić information content (AvgIpc) is 2.85. The molecule has 1 heterocycles. The summed E-state index contributed by atoms with van der Waals surface area (Å²) in [4.78, 5) is 24.7. The smallest absolute Gasteiger partial charge is 0.329 e. The molecule has 1 saturated carbocycles. The third kappa shape index (κ3) is 3.67. The molecule has 0 atom stereocenters. The van der Waals surface area contributed by atoms with E-state index < -0.39 is 17.5 Å². The van der Waals surface area contributed by atoms with Crippen molar-refractivity contribution in [3.63, 3.8) is 0 Å². The highest BCUT2D eigenvalue weighted by Gasteiger charge is 2.42. The molecule has 0 aliphatic heterocycles. The van der Waals surface area contributed by atoms with E-state index >= 15 is 0 Å². The van der Waals surface area contributed by atoms with Crippen molar-refractivity contribution in [2.45, 2.75) is 44.7 Å². The Morgan fingerprint density at radius 3 is 2.62 bits per heavy atom. The van der Waals surface area contributed by atoms with Gasteiger partial charge in [-0.05, 0) is 36.8 Å². The van der Waals surface area contributed by atoms with Crippen molar-refractivity contribution in [2.24, 2.45) is 13.0 Å². The predicted molar refractivity (Wildman–Crippen MR) is 72.2 cm³/mol. The normalized spacial score (nSPS) is 25.3. The Bertz CT molecular complexity index is 521. The molecule has 1 aliphatic rings. The number of nitrogens with one attached hydrogen (secondary N) is 2. The first-order valence-corrected chi connectivity index (χ1v) is 6.93. The Kier molecular flexibility index (Phi) is 4.39. The second-order valence-electron chi connectivity index (χ2n) is 5.57. The summed E-state index contributed by atoms with van der Waals surface area (Å²) in [6.45, 7) is 2.19. The molecule has 1 aliphatic carbocycles. The van der Waals surface area contributed by atoms with Crippen LogP contribution in [0.2, 0.25) is 0 Å². The molecule has 1 fully saturated rings. The van der Waals surface area contributed by atoms with Gasteiger partial charge < -0.3 is 15.7 Å². The summed E-state index contributed by atoms with van der Waals surface area (Å²) < 4.78 is 0. The maximum Gasteiger partial charge on any atom is 0.329 e. The van der Waals surface area contributed by atoms with Crippen LogP contribution in [0, 0.1) is 5.92 Å². The maximum atomic E-state index is 11.9. The Morgan fingerprint density at radius 1 is 1.43 bits per heavy atom. The van der Waals surface area contributed by atoms with Gasteiger partial charge in [-0.3, -0.25) is 0 Å². The fourth-order valence-electron chi connectivity index (χ4n) is 2.46. The number of rotatable bonds is 4. The lowest BCUT2D eigenvalue weighted by Gasteiger charge is -2.36. The largest absolute Gasteiger partial charge is 0.480 e. The van der Waals surface area contributed by atoms with Crippen LogP contribution in [0.15, 0.2) is 0 Å². The fraction of sp³-hybridized carbons (Fsp3) is 0.750. The lowest BCUT2D eigenvalue weighted by molar-refractivity contribution is -0.146. The summed E-state index contributed by atoms with van der Waals surface area (Å²) in [7, 11) is 1.62. The van der Waals surface area contributed by atoms with Gasteiger partial charge in [0.2, 0.25) is 0 Å². The maximum absolute atomic E-state index is 11.9. The number of amides is 2. The quantitative estimate of drug-likeness (QED) is 0.721. The minimum Gasteiger partial charge on any atom is -0.480 e. The Morgan fingerprint density at radius 2 is 2.10 bits per heavy atom. The Hall–Kier alpha value is -2.19. The first-order valence-electron chi connectivity index (χ1n) is 6.93. The third-order valence-corrected chi connectivity index (χ3v) is 3.85. The van der Waals surface area contributed by atoms with Gasteiger partial charge in [0.05, 0.1) is 13.6 Å². The van der Waals surface area contributed by atoms with Crippen molar-refractivity contribution in [2.75, 3.05) is 0 Å². The van der Waals surface area contributed by atoms with Crippen LogP contribution in [0.1, 0.15) is 38.4 Å².